The van der Waals surface area contributed by atoms with Crippen molar-refractivity contribution in [2.24, 2.45) is 11.5 Å². The molecule has 0 radical (unpaired) electrons. The fourth-order valence-corrected chi connectivity index (χ4v) is 3.21. The highest BCUT2D eigenvalue weighted by Crippen LogP contribution is 2.31. The second-order valence-corrected chi connectivity index (χ2v) is 6.11. The lowest BCUT2D eigenvalue weighted by atomic mass is 10.1. The van der Waals surface area contributed by atoms with Crippen LogP contribution in [0.5, 0.6) is 0 Å². The van der Waals surface area contributed by atoms with E-state index in [2.05, 4.69) is 0 Å². The SMILES string of the molecule is CCn1cc(C(=O)O)c(=O)c2cc(F)c(N3C[C@@H](N)[C@H](N)C3)c(F)c21.Cl. The first-order valence-electron chi connectivity index (χ1n) is 7.80. The summed E-state index contributed by atoms with van der Waals surface area (Å²) in [5.74, 6) is -3.32. The lowest BCUT2D eigenvalue weighted by Crippen LogP contribution is -2.39. The molecule has 0 saturated carbocycles. The number of nitrogens with two attached hydrogens (primary N) is 2. The molecule has 1 aliphatic rings. The molecule has 1 aromatic carbocycles. The Morgan fingerprint density at radius 1 is 1.31 bits per heavy atom. The molecular formula is C16H19ClF2N4O3. The maximum atomic E-state index is 15.1. The molecule has 7 nitrogen and oxygen atoms in total. The van der Waals surface area contributed by atoms with E-state index in [-0.39, 0.29) is 48.6 Å². The minimum atomic E-state index is -1.45. The van der Waals surface area contributed by atoms with E-state index in [1.807, 2.05) is 0 Å². The number of benzene rings is 1. The van der Waals surface area contributed by atoms with Crippen molar-refractivity contribution < 1.29 is 18.7 Å². The summed E-state index contributed by atoms with van der Waals surface area (Å²) in [6.07, 6.45) is 1.07. The number of pyridine rings is 1. The van der Waals surface area contributed by atoms with Crippen molar-refractivity contribution in [3.8, 4) is 0 Å². The third kappa shape index (κ3) is 3.02. The third-order valence-electron chi connectivity index (χ3n) is 4.53. The summed E-state index contributed by atoms with van der Waals surface area (Å²) in [7, 11) is 0. The fraction of sp³-hybridized carbons (Fsp3) is 0.375. The van der Waals surface area contributed by atoms with Gasteiger partial charge in [-0.15, -0.1) is 12.4 Å². The van der Waals surface area contributed by atoms with Crippen molar-refractivity contribution in [3.63, 3.8) is 0 Å². The van der Waals surface area contributed by atoms with E-state index in [0.29, 0.717) is 0 Å². The summed E-state index contributed by atoms with van der Waals surface area (Å²) in [6.45, 7) is 2.24. The number of halogens is 3. The Morgan fingerprint density at radius 3 is 2.38 bits per heavy atom. The molecule has 1 fully saturated rings. The average Bonchev–Trinajstić information content (AvgIpc) is 2.86. The Hall–Kier alpha value is -2.23. The Labute approximate surface area is 153 Å². The van der Waals surface area contributed by atoms with Crippen LogP contribution in [0.2, 0.25) is 0 Å². The first-order valence-corrected chi connectivity index (χ1v) is 7.80. The molecule has 10 heteroatoms. The summed E-state index contributed by atoms with van der Waals surface area (Å²) in [5, 5.41) is 8.82. The van der Waals surface area contributed by atoms with E-state index in [1.165, 1.54) is 9.47 Å². The number of rotatable bonds is 3. The summed E-state index contributed by atoms with van der Waals surface area (Å²) < 4.78 is 31.0. The Bertz CT molecular complexity index is 924. The molecule has 1 aliphatic heterocycles. The Balaban J connectivity index is 0.00000243. The van der Waals surface area contributed by atoms with Crippen LogP contribution in [-0.2, 0) is 6.54 Å². The summed E-state index contributed by atoms with van der Waals surface area (Å²) in [5.41, 5.74) is 9.74. The van der Waals surface area contributed by atoms with E-state index in [0.717, 1.165) is 12.3 Å². The van der Waals surface area contributed by atoms with Crippen LogP contribution in [0.25, 0.3) is 10.9 Å². The van der Waals surface area contributed by atoms with Crippen LogP contribution >= 0.6 is 12.4 Å². The molecule has 26 heavy (non-hydrogen) atoms. The second-order valence-electron chi connectivity index (χ2n) is 6.11. The summed E-state index contributed by atoms with van der Waals surface area (Å²) in [4.78, 5) is 24.9. The number of carbonyl (C=O) groups is 1. The zero-order valence-corrected chi connectivity index (χ0v) is 14.7. The number of nitrogens with zero attached hydrogens (tertiary/aromatic N) is 2. The molecule has 0 spiro atoms. The number of anilines is 1. The molecule has 0 amide bonds. The molecule has 2 heterocycles. The lowest BCUT2D eigenvalue weighted by molar-refractivity contribution is 0.0695. The van der Waals surface area contributed by atoms with E-state index < -0.39 is 40.7 Å². The van der Waals surface area contributed by atoms with Crippen molar-refractivity contribution in [1.82, 2.24) is 4.57 Å². The molecule has 0 unspecified atom stereocenters. The molecule has 142 valence electrons. The van der Waals surface area contributed by atoms with Gasteiger partial charge in [0.2, 0.25) is 5.43 Å². The van der Waals surface area contributed by atoms with E-state index >= 15 is 4.39 Å². The van der Waals surface area contributed by atoms with Crippen molar-refractivity contribution in [2.75, 3.05) is 18.0 Å². The van der Waals surface area contributed by atoms with Gasteiger partial charge in [0.05, 0.1) is 10.9 Å². The third-order valence-corrected chi connectivity index (χ3v) is 4.53. The van der Waals surface area contributed by atoms with Gasteiger partial charge in [-0.05, 0) is 13.0 Å². The largest absolute Gasteiger partial charge is 0.477 e. The number of hydrogen-bond acceptors (Lipinski definition) is 5. The molecule has 0 bridgehead atoms. The maximum absolute atomic E-state index is 15.1. The Morgan fingerprint density at radius 2 is 1.88 bits per heavy atom. The van der Waals surface area contributed by atoms with Crippen LogP contribution in [0.1, 0.15) is 17.3 Å². The lowest BCUT2D eigenvalue weighted by Gasteiger charge is -2.22. The maximum Gasteiger partial charge on any atom is 0.341 e. The number of aryl methyl sites for hydroxylation is 1. The zero-order valence-electron chi connectivity index (χ0n) is 13.9. The highest BCUT2D eigenvalue weighted by molar-refractivity contribution is 5.93. The highest BCUT2D eigenvalue weighted by atomic mass is 35.5. The predicted molar refractivity (Wildman–Crippen MR) is 96.2 cm³/mol. The standard InChI is InChI=1S/C16H18F2N4O3.ClH/c1-2-21-4-8(16(24)25)15(23)7-3-9(17)14(12(18)13(7)21)22-5-10(19)11(20)6-22;/h3-4,10-11H,2,5-6,19-20H2,1H3,(H,24,25);1H/t10-,11-;/m1./s1. The van der Waals surface area contributed by atoms with Crippen LogP contribution in [0.3, 0.4) is 0 Å². The van der Waals surface area contributed by atoms with Gasteiger partial charge in [0.1, 0.15) is 17.1 Å². The minimum Gasteiger partial charge on any atom is -0.477 e. The van der Waals surface area contributed by atoms with Crippen LogP contribution in [-0.4, -0.2) is 40.8 Å². The molecule has 2 aromatic rings. The fourth-order valence-electron chi connectivity index (χ4n) is 3.21. The molecular weight excluding hydrogens is 370 g/mol. The van der Waals surface area contributed by atoms with Crippen molar-refractivity contribution in [1.29, 1.82) is 0 Å². The van der Waals surface area contributed by atoms with E-state index in [9.17, 15) is 14.0 Å². The van der Waals surface area contributed by atoms with E-state index in [1.54, 1.807) is 6.92 Å². The van der Waals surface area contributed by atoms with Gasteiger partial charge < -0.3 is 26.0 Å². The first-order chi connectivity index (χ1) is 11.8. The normalized spacial score (nSPS) is 19.7. The van der Waals surface area contributed by atoms with Crippen LogP contribution in [0.15, 0.2) is 17.1 Å². The summed E-state index contributed by atoms with van der Waals surface area (Å²) in [6, 6.07) is 0.0406. The number of hydrogen-bond donors (Lipinski definition) is 3. The molecule has 1 saturated heterocycles. The molecule has 0 aliphatic carbocycles. The highest BCUT2D eigenvalue weighted by Gasteiger charge is 2.32. The van der Waals surface area contributed by atoms with E-state index in [4.69, 9.17) is 16.6 Å². The second kappa shape index (κ2) is 7.18. The van der Waals surface area contributed by atoms with Crippen molar-refractivity contribution >= 4 is 35.0 Å². The Kier molecular flexibility index (Phi) is 5.55. The van der Waals surface area contributed by atoms with Gasteiger partial charge in [0.25, 0.3) is 0 Å². The quantitative estimate of drug-likeness (QED) is 0.719. The van der Waals surface area contributed by atoms with Crippen LogP contribution in [0, 0.1) is 11.6 Å². The topological polar surface area (TPSA) is 115 Å². The minimum absolute atomic E-state index is 0. The number of carboxylic acid groups (broad SMARTS) is 1. The molecule has 1 aromatic heterocycles. The van der Waals surface area contributed by atoms with Gasteiger partial charge in [0.15, 0.2) is 5.82 Å². The van der Waals surface area contributed by atoms with Gasteiger partial charge >= 0.3 is 5.97 Å². The van der Waals surface area contributed by atoms with Gasteiger partial charge in [-0.25, -0.2) is 13.6 Å². The smallest absolute Gasteiger partial charge is 0.341 e. The van der Waals surface area contributed by atoms with Crippen molar-refractivity contribution in [2.45, 2.75) is 25.6 Å². The average molecular weight is 389 g/mol. The molecule has 5 N–H and O–H groups in total. The predicted octanol–water partition coefficient (Wildman–Crippen LogP) is 0.894. The number of aromatic nitrogens is 1. The zero-order chi connectivity index (χ0) is 18.5. The van der Waals surface area contributed by atoms with Gasteiger partial charge in [-0.3, -0.25) is 4.79 Å². The molecule has 3 rings (SSSR count). The van der Waals surface area contributed by atoms with Gasteiger partial charge in [-0.1, -0.05) is 0 Å². The monoisotopic (exact) mass is 388 g/mol. The van der Waals surface area contributed by atoms with Crippen LogP contribution in [0.4, 0.5) is 14.5 Å². The van der Waals surface area contributed by atoms with Gasteiger partial charge in [0, 0.05) is 37.9 Å². The number of carboxylic acids is 1. The number of aromatic carboxylic acids is 1. The molecule has 2 atom stereocenters. The number of fused-ring (bicyclic) bond motifs is 1. The van der Waals surface area contributed by atoms with Crippen molar-refractivity contribution in [3.05, 3.63) is 39.7 Å². The first kappa shape index (κ1) is 20.1. The summed E-state index contributed by atoms with van der Waals surface area (Å²) >= 11 is 0. The van der Waals surface area contributed by atoms with Gasteiger partial charge in [-0.2, -0.15) is 0 Å². The van der Waals surface area contributed by atoms with Crippen LogP contribution < -0.4 is 21.8 Å².